The van der Waals surface area contributed by atoms with Crippen molar-refractivity contribution in [2.75, 3.05) is 18.1 Å². The summed E-state index contributed by atoms with van der Waals surface area (Å²) in [7, 11) is 1.54. The van der Waals surface area contributed by atoms with E-state index in [1.807, 2.05) is 0 Å². The van der Waals surface area contributed by atoms with E-state index in [0.29, 0.717) is 16.5 Å². The number of rotatable bonds is 1. The molecule has 0 heterocycles. The van der Waals surface area contributed by atoms with Gasteiger partial charge >= 0.3 is 0 Å². The number of fused-ring (bicyclic) bond motifs is 1. The van der Waals surface area contributed by atoms with E-state index in [1.165, 1.54) is 0 Å². The third-order valence-corrected chi connectivity index (χ3v) is 2.36. The number of nitrogens with one attached hydrogen (secondary N) is 1. The van der Waals surface area contributed by atoms with Crippen LogP contribution < -0.4 is 11.1 Å². The van der Waals surface area contributed by atoms with Gasteiger partial charge in [0.2, 0.25) is 0 Å². The molecule has 4 heteroatoms. The molecule has 78 valence electrons. The van der Waals surface area contributed by atoms with Gasteiger partial charge in [-0.2, -0.15) is 0 Å². The Morgan fingerprint density at radius 1 is 1.20 bits per heavy atom. The molecule has 2 rings (SSSR count). The van der Waals surface area contributed by atoms with Crippen molar-refractivity contribution in [3.8, 4) is 0 Å². The van der Waals surface area contributed by atoms with E-state index in [4.69, 9.17) is 5.73 Å². The number of benzene rings is 2. The maximum absolute atomic E-state index is 13.4. The van der Waals surface area contributed by atoms with Gasteiger partial charge in [-0.05, 0) is 12.1 Å². The van der Waals surface area contributed by atoms with Gasteiger partial charge in [0, 0.05) is 23.5 Å². The summed E-state index contributed by atoms with van der Waals surface area (Å²) in [4.78, 5) is 0. The van der Waals surface area contributed by atoms with E-state index in [1.54, 1.807) is 25.2 Å². The highest BCUT2D eigenvalue weighted by Crippen LogP contribution is 2.31. The molecule has 2 aromatic carbocycles. The molecule has 0 spiro atoms. The highest BCUT2D eigenvalue weighted by Gasteiger charge is 2.13. The second-order valence-corrected chi connectivity index (χ2v) is 3.24. The summed E-state index contributed by atoms with van der Waals surface area (Å²) in [5.41, 5.74) is 6.25. The third kappa shape index (κ3) is 1.38. The zero-order valence-electron chi connectivity index (χ0n) is 8.14. The van der Waals surface area contributed by atoms with Crippen molar-refractivity contribution in [2.45, 2.75) is 0 Å². The summed E-state index contributed by atoms with van der Waals surface area (Å²) in [6, 6.07) is 6.16. The molecule has 0 atom stereocenters. The number of hydrogen-bond donors (Lipinski definition) is 2. The van der Waals surface area contributed by atoms with Crippen molar-refractivity contribution in [3.63, 3.8) is 0 Å². The van der Waals surface area contributed by atoms with Crippen molar-refractivity contribution >= 4 is 22.1 Å². The molecule has 0 amide bonds. The van der Waals surface area contributed by atoms with E-state index in [0.717, 1.165) is 6.07 Å². The monoisotopic (exact) mass is 208 g/mol. The molecule has 0 fully saturated rings. The maximum atomic E-state index is 13.4. The van der Waals surface area contributed by atoms with E-state index >= 15 is 0 Å². The van der Waals surface area contributed by atoms with Gasteiger partial charge in [-0.1, -0.05) is 12.1 Å². The van der Waals surface area contributed by atoms with Crippen LogP contribution in [0.1, 0.15) is 0 Å². The van der Waals surface area contributed by atoms with Gasteiger partial charge in [0.25, 0.3) is 0 Å². The van der Waals surface area contributed by atoms with Gasteiger partial charge in [-0.15, -0.1) is 0 Å². The number of nitrogens with two attached hydrogens (primary N) is 1. The maximum Gasteiger partial charge on any atom is 0.182 e. The van der Waals surface area contributed by atoms with Crippen LogP contribution in [0.25, 0.3) is 10.8 Å². The molecule has 0 aliphatic carbocycles. The Morgan fingerprint density at radius 2 is 1.93 bits per heavy atom. The fourth-order valence-electron chi connectivity index (χ4n) is 1.63. The Balaban J connectivity index is 2.94. The van der Waals surface area contributed by atoms with Crippen LogP contribution in [0.15, 0.2) is 24.3 Å². The quantitative estimate of drug-likeness (QED) is 0.707. The van der Waals surface area contributed by atoms with Gasteiger partial charge in [-0.25, -0.2) is 8.78 Å². The molecule has 0 saturated carbocycles. The fraction of sp³-hybridized carbons (Fsp3) is 0.0909. The SMILES string of the molecule is CNc1c(F)c(F)cc2c(N)cccc12. The van der Waals surface area contributed by atoms with Crippen molar-refractivity contribution in [1.82, 2.24) is 0 Å². The molecular weight excluding hydrogens is 198 g/mol. The summed E-state index contributed by atoms with van der Waals surface area (Å²) in [6.07, 6.45) is 0. The predicted molar refractivity (Wildman–Crippen MR) is 57.8 cm³/mol. The second kappa shape index (κ2) is 3.38. The minimum Gasteiger partial charge on any atom is -0.398 e. The van der Waals surface area contributed by atoms with Crippen LogP contribution in [0.5, 0.6) is 0 Å². The summed E-state index contributed by atoms with van der Waals surface area (Å²) in [5.74, 6) is -1.78. The molecular formula is C11H10F2N2. The van der Waals surface area contributed by atoms with E-state index in [2.05, 4.69) is 5.32 Å². The molecule has 3 N–H and O–H groups in total. The van der Waals surface area contributed by atoms with E-state index in [-0.39, 0.29) is 5.69 Å². The van der Waals surface area contributed by atoms with Crippen molar-refractivity contribution in [2.24, 2.45) is 0 Å². The molecule has 0 aromatic heterocycles. The molecule has 2 nitrogen and oxygen atoms in total. The average Bonchev–Trinajstić information content (AvgIpc) is 2.22. The Bertz CT molecular complexity index is 523. The number of nitrogen functional groups attached to an aromatic ring is 1. The fourth-order valence-corrected chi connectivity index (χ4v) is 1.63. The number of anilines is 2. The third-order valence-electron chi connectivity index (χ3n) is 2.36. The Kier molecular flexibility index (Phi) is 2.19. The first kappa shape index (κ1) is 9.71. The Morgan fingerprint density at radius 3 is 2.60 bits per heavy atom. The van der Waals surface area contributed by atoms with Crippen molar-refractivity contribution < 1.29 is 8.78 Å². The summed E-state index contributed by atoms with van der Waals surface area (Å²) in [6.45, 7) is 0. The minimum atomic E-state index is -0.898. The minimum absolute atomic E-state index is 0.136. The number of halogens is 2. The standard InChI is InChI=1S/C11H10F2N2/c1-15-11-6-3-2-4-9(14)7(6)5-8(12)10(11)13/h2-5,15H,14H2,1H3. The smallest absolute Gasteiger partial charge is 0.182 e. The lowest BCUT2D eigenvalue weighted by molar-refractivity contribution is 0.513. The molecule has 0 aliphatic rings. The lowest BCUT2D eigenvalue weighted by atomic mass is 10.1. The van der Waals surface area contributed by atoms with Gasteiger partial charge in [0.05, 0.1) is 5.69 Å². The molecule has 2 aromatic rings. The van der Waals surface area contributed by atoms with Crippen LogP contribution in [-0.4, -0.2) is 7.05 Å². The topological polar surface area (TPSA) is 38.0 Å². The second-order valence-electron chi connectivity index (χ2n) is 3.24. The Labute approximate surface area is 85.7 Å². The first-order valence-corrected chi connectivity index (χ1v) is 4.49. The number of hydrogen-bond acceptors (Lipinski definition) is 2. The predicted octanol–water partition coefficient (Wildman–Crippen LogP) is 2.74. The van der Waals surface area contributed by atoms with E-state index < -0.39 is 11.6 Å². The molecule has 0 aliphatic heterocycles. The summed E-state index contributed by atoms with van der Waals surface area (Å²) in [5, 5.41) is 3.73. The summed E-state index contributed by atoms with van der Waals surface area (Å²) >= 11 is 0. The van der Waals surface area contributed by atoms with Crippen LogP contribution in [0, 0.1) is 11.6 Å². The van der Waals surface area contributed by atoms with Crippen LogP contribution in [0.2, 0.25) is 0 Å². The average molecular weight is 208 g/mol. The van der Waals surface area contributed by atoms with Crippen molar-refractivity contribution in [1.29, 1.82) is 0 Å². The van der Waals surface area contributed by atoms with Crippen LogP contribution >= 0.6 is 0 Å². The highest BCUT2D eigenvalue weighted by atomic mass is 19.2. The van der Waals surface area contributed by atoms with Gasteiger partial charge in [-0.3, -0.25) is 0 Å². The summed E-state index contributed by atoms with van der Waals surface area (Å²) < 4.78 is 26.6. The molecule has 0 unspecified atom stereocenters. The lowest BCUT2D eigenvalue weighted by Gasteiger charge is -2.09. The molecule has 0 radical (unpaired) electrons. The van der Waals surface area contributed by atoms with Gasteiger partial charge < -0.3 is 11.1 Å². The largest absolute Gasteiger partial charge is 0.398 e. The van der Waals surface area contributed by atoms with Crippen LogP contribution in [-0.2, 0) is 0 Å². The Hall–Kier alpha value is -1.84. The molecule has 0 bridgehead atoms. The van der Waals surface area contributed by atoms with Gasteiger partial charge in [0.1, 0.15) is 0 Å². The van der Waals surface area contributed by atoms with Crippen LogP contribution in [0.3, 0.4) is 0 Å². The first-order chi connectivity index (χ1) is 7.15. The van der Waals surface area contributed by atoms with Crippen LogP contribution in [0.4, 0.5) is 20.2 Å². The van der Waals surface area contributed by atoms with Gasteiger partial charge in [0.15, 0.2) is 11.6 Å². The molecule has 0 saturated heterocycles. The zero-order valence-corrected chi connectivity index (χ0v) is 8.14. The zero-order chi connectivity index (χ0) is 11.0. The highest BCUT2D eigenvalue weighted by molar-refractivity contribution is 6.00. The normalized spacial score (nSPS) is 10.6. The lowest BCUT2D eigenvalue weighted by Crippen LogP contribution is -1.98. The van der Waals surface area contributed by atoms with Crippen molar-refractivity contribution in [3.05, 3.63) is 35.9 Å². The molecule has 15 heavy (non-hydrogen) atoms. The van der Waals surface area contributed by atoms with E-state index in [9.17, 15) is 8.78 Å². The first-order valence-electron chi connectivity index (χ1n) is 4.49.